The summed E-state index contributed by atoms with van der Waals surface area (Å²) in [5.74, 6) is 0. The molecule has 1 aliphatic rings. The smallest absolute Gasteiger partial charge is 0.243 e. The van der Waals surface area contributed by atoms with Gasteiger partial charge in [0, 0.05) is 19.1 Å². The highest BCUT2D eigenvalue weighted by atomic mass is 32.2. The van der Waals surface area contributed by atoms with Crippen LogP contribution in [-0.2, 0) is 23.0 Å². The highest BCUT2D eigenvalue weighted by Crippen LogP contribution is 2.28. The molecule has 0 spiro atoms. The molecule has 1 N–H and O–H groups in total. The van der Waals surface area contributed by atoms with Crippen LogP contribution in [0.2, 0.25) is 0 Å². The molecule has 0 saturated heterocycles. The van der Waals surface area contributed by atoms with Gasteiger partial charge in [0.25, 0.3) is 0 Å². The Morgan fingerprint density at radius 2 is 1.88 bits per heavy atom. The van der Waals surface area contributed by atoms with Crippen molar-refractivity contribution in [3.05, 3.63) is 65.2 Å². The van der Waals surface area contributed by atoms with E-state index in [1.165, 1.54) is 5.56 Å². The lowest BCUT2D eigenvalue weighted by Gasteiger charge is -2.28. The van der Waals surface area contributed by atoms with Crippen LogP contribution in [-0.4, -0.2) is 25.8 Å². The molecule has 3 rings (SSSR count). The van der Waals surface area contributed by atoms with E-state index in [0.29, 0.717) is 11.4 Å². The average Bonchev–Trinajstić information content (AvgIpc) is 2.62. The molecule has 2 aromatic carbocycles. The molecular weight excluding hydrogens is 320 g/mol. The molecule has 0 radical (unpaired) electrons. The number of fused-ring (bicyclic) bond motifs is 1. The Bertz CT molecular complexity index is 803. The number of nitrogens with one attached hydrogen (secondary N) is 1. The van der Waals surface area contributed by atoms with Gasteiger partial charge in [0.2, 0.25) is 10.0 Å². The lowest BCUT2D eigenvalue weighted by atomic mass is 10.0. The molecule has 0 amide bonds. The Balaban J connectivity index is 1.96. The summed E-state index contributed by atoms with van der Waals surface area (Å²) in [7, 11) is -3.53. The van der Waals surface area contributed by atoms with Crippen LogP contribution in [0, 0.1) is 0 Å². The standard InChI is InChI=1S/C19H24N2O2S/c1-3-21(15(2)16-7-5-4-6-8-16)24(22,23)19-10-9-17-11-12-20-14-18(17)13-19/h4-10,13,15,20H,3,11-12,14H2,1-2H3/t15-/m0/s1. The summed E-state index contributed by atoms with van der Waals surface area (Å²) in [4.78, 5) is 0.384. The number of hydrogen-bond acceptors (Lipinski definition) is 3. The maximum absolute atomic E-state index is 13.2. The molecule has 24 heavy (non-hydrogen) atoms. The summed E-state index contributed by atoms with van der Waals surface area (Å²) in [6, 6.07) is 15.1. The van der Waals surface area contributed by atoms with E-state index in [9.17, 15) is 8.42 Å². The third kappa shape index (κ3) is 3.24. The number of sulfonamides is 1. The van der Waals surface area contributed by atoms with Crippen molar-refractivity contribution in [3.8, 4) is 0 Å². The van der Waals surface area contributed by atoms with Crippen LogP contribution in [0.3, 0.4) is 0 Å². The van der Waals surface area contributed by atoms with E-state index in [1.807, 2.05) is 56.3 Å². The molecule has 0 saturated carbocycles. The lowest BCUT2D eigenvalue weighted by Crippen LogP contribution is -2.34. The van der Waals surface area contributed by atoms with E-state index in [0.717, 1.165) is 30.6 Å². The molecule has 1 heterocycles. The zero-order chi connectivity index (χ0) is 17.2. The monoisotopic (exact) mass is 344 g/mol. The lowest BCUT2D eigenvalue weighted by molar-refractivity contribution is 0.357. The van der Waals surface area contributed by atoms with Gasteiger partial charge in [0.05, 0.1) is 4.90 Å². The Kier molecular flexibility index (Phi) is 5.04. The second-order valence-corrected chi connectivity index (χ2v) is 8.04. The first-order valence-corrected chi connectivity index (χ1v) is 9.87. The normalized spacial score (nSPS) is 16.0. The summed E-state index contributed by atoms with van der Waals surface area (Å²) in [6.07, 6.45) is 0.952. The molecular formula is C19H24N2O2S. The third-order valence-electron chi connectivity index (χ3n) is 4.70. The molecule has 128 valence electrons. The van der Waals surface area contributed by atoms with Gasteiger partial charge in [-0.25, -0.2) is 8.42 Å². The third-order valence-corrected chi connectivity index (χ3v) is 6.74. The van der Waals surface area contributed by atoms with Crippen LogP contribution in [0.1, 0.15) is 36.6 Å². The quantitative estimate of drug-likeness (QED) is 0.907. The van der Waals surface area contributed by atoms with E-state index in [1.54, 1.807) is 10.4 Å². The molecule has 0 unspecified atom stereocenters. The fourth-order valence-corrected chi connectivity index (χ4v) is 4.98. The van der Waals surface area contributed by atoms with Gasteiger partial charge in [0.1, 0.15) is 0 Å². The maximum Gasteiger partial charge on any atom is 0.243 e. The zero-order valence-electron chi connectivity index (χ0n) is 14.2. The van der Waals surface area contributed by atoms with Crippen molar-refractivity contribution in [1.29, 1.82) is 0 Å². The van der Waals surface area contributed by atoms with E-state index in [4.69, 9.17) is 0 Å². The summed E-state index contributed by atoms with van der Waals surface area (Å²) < 4.78 is 27.9. The SMILES string of the molecule is CCN([C@@H](C)c1ccccc1)S(=O)(=O)c1ccc2c(c1)CNCC2. The summed E-state index contributed by atoms with van der Waals surface area (Å²) in [5.41, 5.74) is 3.33. The second kappa shape index (κ2) is 7.05. The highest BCUT2D eigenvalue weighted by molar-refractivity contribution is 7.89. The van der Waals surface area contributed by atoms with Crippen LogP contribution in [0.25, 0.3) is 0 Å². The molecule has 5 heteroatoms. The number of nitrogens with zero attached hydrogens (tertiary/aromatic N) is 1. The molecule has 0 aliphatic carbocycles. The first-order valence-electron chi connectivity index (χ1n) is 8.43. The van der Waals surface area contributed by atoms with Gasteiger partial charge in [-0.3, -0.25) is 0 Å². The van der Waals surface area contributed by atoms with Crippen molar-refractivity contribution in [1.82, 2.24) is 9.62 Å². The number of rotatable bonds is 5. The van der Waals surface area contributed by atoms with Gasteiger partial charge in [-0.1, -0.05) is 43.3 Å². The number of benzene rings is 2. The second-order valence-electron chi connectivity index (χ2n) is 6.15. The van der Waals surface area contributed by atoms with Crippen LogP contribution in [0.5, 0.6) is 0 Å². The predicted molar refractivity (Wildman–Crippen MR) is 96.3 cm³/mol. The van der Waals surface area contributed by atoms with E-state index >= 15 is 0 Å². The molecule has 0 fully saturated rings. The largest absolute Gasteiger partial charge is 0.312 e. The van der Waals surface area contributed by atoms with Crippen LogP contribution in [0.4, 0.5) is 0 Å². The van der Waals surface area contributed by atoms with Crippen molar-refractivity contribution in [2.75, 3.05) is 13.1 Å². The average molecular weight is 344 g/mol. The van der Waals surface area contributed by atoms with Crippen molar-refractivity contribution in [3.63, 3.8) is 0 Å². The van der Waals surface area contributed by atoms with Crippen molar-refractivity contribution >= 4 is 10.0 Å². The predicted octanol–water partition coefficient (Wildman–Crippen LogP) is 3.10. The molecule has 1 aliphatic heterocycles. The van der Waals surface area contributed by atoms with E-state index in [2.05, 4.69) is 5.32 Å². The van der Waals surface area contributed by atoms with Crippen molar-refractivity contribution < 1.29 is 8.42 Å². The van der Waals surface area contributed by atoms with Crippen LogP contribution in [0.15, 0.2) is 53.4 Å². The van der Waals surface area contributed by atoms with Crippen LogP contribution >= 0.6 is 0 Å². The van der Waals surface area contributed by atoms with Crippen molar-refractivity contribution in [2.45, 2.75) is 37.8 Å². The van der Waals surface area contributed by atoms with Gasteiger partial charge in [-0.2, -0.15) is 4.31 Å². The Labute approximate surface area is 144 Å². The first-order chi connectivity index (χ1) is 11.5. The Morgan fingerprint density at radius 1 is 1.12 bits per heavy atom. The highest BCUT2D eigenvalue weighted by Gasteiger charge is 2.29. The molecule has 0 bridgehead atoms. The molecule has 0 aromatic heterocycles. The Hall–Kier alpha value is -1.69. The fourth-order valence-electron chi connectivity index (χ4n) is 3.30. The molecule has 1 atom stereocenters. The van der Waals surface area contributed by atoms with Crippen LogP contribution < -0.4 is 5.32 Å². The summed E-state index contributed by atoms with van der Waals surface area (Å²) in [5, 5.41) is 3.30. The minimum atomic E-state index is -3.53. The van der Waals surface area contributed by atoms with Gasteiger partial charge < -0.3 is 5.32 Å². The summed E-state index contributed by atoms with van der Waals surface area (Å²) in [6.45, 7) is 5.95. The number of hydrogen-bond donors (Lipinski definition) is 1. The van der Waals surface area contributed by atoms with Crippen molar-refractivity contribution in [2.24, 2.45) is 0 Å². The Morgan fingerprint density at radius 3 is 2.58 bits per heavy atom. The fraction of sp³-hybridized carbons (Fsp3) is 0.368. The first kappa shape index (κ1) is 17.1. The molecule has 4 nitrogen and oxygen atoms in total. The topological polar surface area (TPSA) is 49.4 Å². The van der Waals surface area contributed by atoms with Gasteiger partial charge >= 0.3 is 0 Å². The summed E-state index contributed by atoms with van der Waals surface area (Å²) >= 11 is 0. The van der Waals surface area contributed by atoms with Gasteiger partial charge in [-0.05, 0) is 48.7 Å². The molecule has 2 aromatic rings. The van der Waals surface area contributed by atoms with Gasteiger partial charge in [0.15, 0.2) is 0 Å². The minimum absolute atomic E-state index is 0.199. The van der Waals surface area contributed by atoms with E-state index < -0.39 is 10.0 Å². The van der Waals surface area contributed by atoms with E-state index in [-0.39, 0.29) is 6.04 Å². The minimum Gasteiger partial charge on any atom is -0.312 e. The zero-order valence-corrected chi connectivity index (χ0v) is 15.0. The van der Waals surface area contributed by atoms with Gasteiger partial charge in [-0.15, -0.1) is 0 Å². The maximum atomic E-state index is 13.2.